The molecule has 3 aromatic heterocycles. The number of aliphatic hydroxyl groups excluding tert-OH is 1. The minimum atomic E-state index is -1.01. The number of aliphatic hydroxyl groups is 1. The third-order valence-corrected chi connectivity index (χ3v) is 7.92. The Morgan fingerprint density at radius 2 is 1.84 bits per heavy atom. The third kappa shape index (κ3) is 5.71. The van der Waals surface area contributed by atoms with Crippen molar-refractivity contribution in [1.29, 1.82) is 0 Å². The highest BCUT2D eigenvalue weighted by Gasteiger charge is 2.27. The number of nitrogens with zero attached hydrogens (tertiary/aromatic N) is 6. The number of nitrogens with one attached hydrogen (secondary N) is 1. The van der Waals surface area contributed by atoms with Crippen LogP contribution in [-0.4, -0.2) is 46.6 Å². The standard InChI is InChI=1S/C30H23Cl2F2N7O3/c1-15-8-18(42)11-25(22-9-16(6-7-35-22)19-10-17(33)2-4-21(19)37-30(15)44)40-14-36-23(12-27(40)43)28-24(5-3-20(31)29(28)34)41-13-26(32)38-39-41/h2-7,9-10,12-15,18,25,42H,8,11H2,1H3,(H,37,44). The highest BCUT2D eigenvalue weighted by Crippen LogP contribution is 2.35. The SMILES string of the molecule is CC1CC(O)CC(n2cnc(-c3c(-n4cc(Cl)nn4)ccc(Cl)c3F)cc2=O)c2cc(ccn2)-c2cc(F)ccc2NC1=O. The largest absolute Gasteiger partial charge is 0.393 e. The van der Waals surface area contributed by atoms with E-state index in [1.807, 2.05) is 0 Å². The molecule has 3 unspecified atom stereocenters. The van der Waals surface area contributed by atoms with Crippen molar-refractivity contribution in [3.05, 3.63) is 105 Å². The van der Waals surface area contributed by atoms with Gasteiger partial charge in [0.15, 0.2) is 11.0 Å². The summed E-state index contributed by atoms with van der Waals surface area (Å²) < 4.78 is 32.3. The number of hydrogen-bond acceptors (Lipinski definition) is 7. The molecule has 2 aromatic carbocycles. The molecule has 2 N–H and O–H groups in total. The lowest BCUT2D eigenvalue weighted by Crippen LogP contribution is -2.31. The van der Waals surface area contributed by atoms with Crippen molar-refractivity contribution in [3.63, 3.8) is 0 Å². The van der Waals surface area contributed by atoms with Crippen LogP contribution in [0.3, 0.4) is 0 Å². The van der Waals surface area contributed by atoms with E-state index in [0.29, 0.717) is 22.5 Å². The van der Waals surface area contributed by atoms with Gasteiger partial charge in [-0.3, -0.25) is 19.1 Å². The number of fused-ring (bicyclic) bond motifs is 4. The van der Waals surface area contributed by atoms with Crippen molar-refractivity contribution < 1.29 is 18.7 Å². The zero-order valence-corrected chi connectivity index (χ0v) is 24.5. The average Bonchev–Trinajstić information content (AvgIpc) is 3.43. The van der Waals surface area contributed by atoms with Gasteiger partial charge in [0.05, 0.1) is 52.3 Å². The number of anilines is 1. The van der Waals surface area contributed by atoms with E-state index in [2.05, 4.69) is 25.6 Å². The average molecular weight is 638 g/mol. The van der Waals surface area contributed by atoms with Gasteiger partial charge in [0.25, 0.3) is 5.56 Å². The second-order valence-electron chi connectivity index (χ2n) is 10.5. The maximum Gasteiger partial charge on any atom is 0.254 e. The van der Waals surface area contributed by atoms with E-state index in [0.717, 1.165) is 6.07 Å². The zero-order valence-electron chi connectivity index (χ0n) is 23.0. The number of carbonyl (C=O) groups excluding carboxylic acids is 1. The lowest BCUT2D eigenvalue weighted by atomic mass is 9.93. The fourth-order valence-electron chi connectivity index (χ4n) is 5.28. The molecule has 10 nitrogen and oxygen atoms in total. The topological polar surface area (TPSA) is 128 Å². The first-order valence-corrected chi connectivity index (χ1v) is 14.2. The molecule has 14 heteroatoms. The predicted molar refractivity (Wildman–Crippen MR) is 160 cm³/mol. The Hall–Kier alpha value is -4.52. The van der Waals surface area contributed by atoms with Gasteiger partial charge in [-0.05, 0) is 60.9 Å². The molecule has 2 bridgehead atoms. The fraction of sp³-hybridized carbons (Fsp3) is 0.200. The van der Waals surface area contributed by atoms with Crippen molar-refractivity contribution in [3.8, 4) is 28.1 Å². The van der Waals surface area contributed by atoms with Gasteiger partial charge < -0.3 is 10.4 Å². The van der Waals surface area contributed by atoms with Crippen molar-refractivity contribution in [1.82, 2.24) is 29.5 Å². The van der Waals surface area contributed by atoms with Crippen molar-refractivity contribution >= 4 is 34.8 Å². The first kappa shape index (κ1) is 29.5. The number of benzene rings is 2. The van der Waals surface area contributed by atoms with Gasteiger partial charge in [-0.1, -0.05) is 35.3 Å². The molecule has 0 radical (unpaired) electrons. The van der Waals surface area contributed by atoms with Crippen LogP contribution in [0.2, 0.25) is 10.2 Å². The quantitative estimate of drug-likeness (QED) is 0.269. The van der Waals surface area contributed by atoms with Crippen LogP contribution in [0.5, 0.6) is 0 Å². The Morgan fingerprint density at radius 3 is 2.59 bits per heavy atom. The molecule has 1 amide bonds. The van der Waals surface area contributed by atoms with E-state index in [1.54, 1.807) is 19.1 Å². The van der Waals surface area contributed by atoms with Crippen LogP contribution < -0.4 is 10.9 Å². The first-order chi connectivity index (χ1) is 21.1. The summed E-state index contributed by atoms with van der Waals surface area (Å²) in [5.41, 5.74) is 1.23. The van der Waals surface area contributed by atoms with Gasteiger partial charge in [-0.25, -0.2) is 18.4 Å². The van der Waals surface area contributed by atoms with E-state index in [1.165, 1.54) is 58.3 Å². The normalized spacial score (nSPS) is 18.6. The number of amides is 1. The molecule has 5 aromatic rings. The highest BCUT2D eigenvalue weighted by molar-refractivity contribution is 6.31. The molecule has 1 aliphatic rings. The minimum absolute atomic E-state index is 0.000747. The summed E-state index contributed by atoms with van der Waals surface area (Å²) >= 11 is 12.0. The summed E-state index contributed by atoms with van der Waals surface area (Å²) in [5, 5.41) is 21.4. The third-order valence-electron chi connectivity index (χ3n) is 7.45. The van der Waals surface area contributed by atoms with E-state index < -0.39 is 35.3 Å². The number of aromatic nitrogens is 6. The van der Waals surface area contributed by atoms with Crippen LogP contribution in [0.15, 0.2) is 72.0 Å². The van der Waals surface area contributed by atoms with Crippen LogP contribution in [0, 0.1) is 17.6 Å². The van der Waals surface area contributed by atoms with Gasteiger partial charge in [-0.2, -0.15) is 0 Å². The molecule has 0 aliphatic carbocycles. The summed E-state index contributed by atoms with van der Waals surface area (Å²) in [6.07, 6.45) is 3.16. The number of hydrogen-bond donors (Lipinski definition) is 2. The maximum absolute atomic E-state index is 15.4. The second-order valence-corrected chi connectivity index (χ2v) is 11.2. The highest BCUT2D eigenvalue weighted by atomic mass is 35.5. The Labute approximate surface area is 258 Å². The summed E-state index contributed by atoms with van der Waals surface area (Å²) in [6, 6.07) is 10.5. The molecule has 0 saturated carbocycles. The molecule has 44 heavy (non-hydrogen) atoms. The first-order valence-electron chi connectivity index (χ1n) is 13.5. The molecule has 0 fully saturated rings. The Bertz CT molecular complexity index is 1970. The number of rotatable bonds is 3. The van der Waals surface area contributed by atoms with E-state index in [4.69, 9.17) is 23.2 Å². The van der Waals surface area contributed by atoms with Crippen molar-refractivity contribution in [2.75, 3.05) is 5.32 Å². The molecule has 3 atom stereocenters. The van der Waals surface area contributed by atoms with Crippen LogP contribution in [-0.2, 0) is 4.79 Å². The van der Waals surface area contributed by atoms with Gasteiger partial charge >= 0.3 is 0 Å². The Kier molecular flexibility index (Phi) is 7.97. The molecule has 0 spiro atoms. The molecule has 4 heterocycles. The fourth-order valence-corrected chi connectivity index (χ4v) is 5.57. The maximum atomic E-state index is 15.4. The summed E-state index contributed by atoms with van der Waals surface area (Å²) in [6.45, 7) is 1.67. The molecular formula is C30H23Cl2F2N7O3. The van der Waals surface area contributed by atoms with Crippen molar-refractivity contribution in [2.24, 2.45) is 5.92 Å². The van der Waals surface area contributed by atoms with Crippen LogP contribution in [0.25, 0.3) is 28.1 Å². The lowest BCUT2D eigenvalue weighted by molar-refractivity contribution is -0.120. The summed E-state index contributed by atoms with van der Waals surface area (Å²) in [7, 11) is 0. The van der Waals surface area contributed by atoms with Crippen LogP contribution in [0.4, 0.5) is 14.5 Å². The number of halogens is 4. The second kappa shape index (κ2) is 11.9. The van der Waals surface area contributed by atoms with Gasteiger partial charge in [0.2, 0.25) is 5.91 Å². The smallest absolute Gasteiger partial charge is 0.254 e. The van der Waals surface area contributed by atoms with Crippen molar-refractivity contribution in [2.45, 2.75) is 31.9 Å². The van der Waals surface area contributed by atoms with Crippen LogP contribution >= 0.6 is 23.2 Å². The van der Waals surface area contributed by atoms with E-state index in [9.17, 15) is 19.1 Å². The molecule has 1 aliphatic heterocycles. The number of carbonyl (C=O) groups is 1. The lowest BCUT2D eigenvalue weighted by Gasteiger charge is -2.25. The van der Waals surface area contributed by atoms with Gasteiger partial charge in [0, 0.05) is 29.4 Å². The van der Waals surface area contributed by atoms with Gasteiger partial charge in [0.1, 0.15) is 5.82 Å². The molecular weight excluding hydrogens is 615 g/mol. The van der Waals surface area contributed by atoms with Crippen LogP contribution in [0.1, 0.15) is 31.5 Å². The summed E-state index contributed by atoms with van der Waals surface area (Å²) in [4.78, 5) is 35.5. The summed E-state index contributed by atoms with van der Waals surface area (Å²) in [5.74, 6) is -2.28. The monoisotopic (exact) mass is 637 g/mol. The molecule has 224 valence electrons. The predicted octanol–water partition coefficient (Wildman–Crippen LogP) is 5.46. The van der Waals surface area contributed by atoms with Gasteiger partial charge in [-0.15, -0.1) is 5.10 Å². The molecule has 6 rings (SSSR count). The van der Waals surface area contributed by atoms with E-state index in [-0.39, 0.29) is 45.9 Å². The minimum Gasteiger partial charge on any atom is -0.393 e. The Morgan fingerprint density at radius 1 is 1.02 bits per heavy atom. The Balaban J connectivity index is 1.48. The van der Waals surface area contributed by atoms with E-state index >= 15 is 4.39 Å². The number of pyridine rings is 1. The molecule has 0 saturated heterocycles. The zero-order chi connectivity index (χ0) is 31.1.